The number of hydrogen-bond donors (Lipinski definition) is 2. The zero-order valence-electron chi connectivity index (χ0n) is 19.3. The Bertz CT molecular complexity index is 1630. The molecule has 0 bridgehead atoms. The van der Waals surface area contributed by atoms with E-state index >= 15 is 0 Å². The van der Waals surface area contributed by atoms with Crippen molar-refractivity contribution in [2.75, 3.05) is 5.32 Å². The normalized spacial score (nSPS) is 12.6. The number of fused-ring (bicyclic) bond motifs is 1. The van der Waals surface area contributed by atoms with Crippen LogP contribution in [-0.2, 0) is 14.8 Å². The van der Waals surface area contributed by atoms with Crippen molar-refractivity contribution in [1.29, 1.82) is 0 Å². The van der Waals surface area contributed by atoms with Crippen molar-refractivity contribution in [3.05, 3.63) is 99.6 Å². The molecule has 3 aromatic carbocycles. The van der Waals surface area contributed by atoms with Gasteiger partial charge < -0.3 is 5.32 Å². The van der Waals surface area contributed by atoms with Crippen molar-refractivity contribution < 1.29 is 13.2 Å². The fraction of sp³-hybridized carbons (Fsp3) is 0.120. The first-order valence-electron chi connectivity index (χ1n) is 10.9. The maximum Gasteiger partial charge on any atom is 0.282 e. The number of aromatic nitrogens is 2. The number of amides is 1. The van der Waals surface area contributed by atoms with Crippen LogP contribution in [0, 0.1) is 0 Å². The first-order valence-corrected chi connectivity index (χ1v) is 12.7. The van der Waals surface area contributed by atoms with Crippen molar-refractivity contribution in [2.24, 2.45) is 5.10 Å². The number of carbonyl (C=O) groups excluding carboxylic acids is 1. The second-order valence-electron chi connectivity index (χ2n) is 7.92. The van der Waals surface area contributed by atoms with E-state index in [9.17, 15) is 18.0 Å². The smallest absolute Gasteiger partial charge is 0.282 e. The molecule has 0 saturated carbocycles. The van der Waals surface area contributed by atoms with Crippen molar-refractivity contribution in [3.63, 3.8) is 0 Å². The molecule has 1 atom stereocenters. The van der Waals surface area contributed by atoms with Crippen molar-refractivity contribution in [2.45, 2.75) is 24.8 Å². The second-order valence-corrected chi connectivity index (χ2v) is 10.0. The molecule has 9 nitrogen and oxygen atoms in total. The zero-order chi connectivity index (χ0) is 25.9. The van der Waals surface area contributed by atoms with Gasteiger partial charge in [0, 0.05) is 23.2 Å². The van der Waals surface area contributed by atoms with E-state index in [0.29, 0.717) is 27.2 Å². The number of hydrogen-bond acceptors (Lipinski definition) is 6. The maximum atomic E-state index is 13.3. The first kappa shape index (κ1) is 25.2. The Kier molecular flexibility index (Phi) is 7.30. The van der Waals surface area contributed by atoms with Crippen molar-refractivity contribution in [3.8, 4) is 0 Å². The molecule has 0 aliphatic heterocycles. The maximum absolute atomic E-state index is 13.3. The lowest BCUT2D eigenvalue weighted by atomic mass is 10.2. The third-order valence-corrected chi connectivity index (χ3v) is 7.10. The second kappa shape index (κ2) is 10.4. The Balaban J connectivity index is 1.73. The molecule has 0 spiro atoms. The van der Waals surface area contributed by atoms with Crippen LogP contribution >= 0.6 is 11.6 Å². The first-order chi connectivity index (χ1) is 17.2. The van der Waals surface area contributed by atoms with Gasteiger partial charge in [0.25, 0.3) is 5.56 Å². The molecule has 0 aliphatic carbocycles. The molecule has 4 rings (SSSR count). The Morgan fingerprint density at radius 2 is 1.72 bits per heavy atom. The number of benzene rings is 3. The molecule has 2 N–H and O–H groups in total. The topological polar surface area (TPSA) is 123 Å². The van der Waals surface area contributed by atoms with Gasteiger partial charge in [-0.05, 0) is 49.4 Å². The van der Waals surface area contributed by atoms with E-state index in [1.807, 2.05) is 0 Å². The summed E-state index contributed by atoms with van der Waals surface area (Å²) < 4.78 is 29.7. The Hall–Kier alpha value is -3.86. The van der Waals surface area contributed by atoms with Gasteiger partial charge in [-0.2, -0.15) is 9.78 Å². The molecule has 1 heterocycles. The SMILES string of the molecule is CC(=O)Nc1ccc(S(=O)(=O)NC(C)c2nc3ccccc3c(=O)n2/N=C/c2ccccc2Cl)cc1. The third kappa shape index (κ3) is 5.51. The Morgan fingerprint density at radius 1 is 1.06 bits per heavy atom. The summed E-state index contributed by atoms with van der Waals surface area (Å²) in [5.41, 5.74) is 1.00. The van der Waals surface area contributed by atoms with Crippen LogP contribution in [0.25, 0.3) is 10.9 Å². The van der Waals surface area contributed by atoms with Gasteiger partial charge >= 0.3 is 0 Å². The quantitative estimate of drug-likeness (QED) is 0.355. The minimum atomic E-state index is -4.00. The van der Waals surface area contributed by atoms with Gasteiger partial charge in [0.05, 0.1) is 28.1 Å². The van der Waals surface area contributed by atoms with Crippen LogP contribution in [0.5, 0.6) is 0 Å². The summed E-state index contributed by atoms with van der Waals surface area (Å²) >= 11 is 6.21. The van der Waals surface area contributed by atoms with Crippen molar-refractivity contribution >= 4 is 50.3 Å². The summed E-state index contributed by atoms with van der Waals surface area (Å²) in [6.45, 7) is 2.93. The highest BCUT2D eigenvalue weighted by Crippen LogP contribution is 2.20. The minimum absolute atomic E-state index is 0.0160. The van der Waals surface area contributed by atoms with Gasteiger partial charge in [-0.25, -0.2) is 18.1 Å². The molecule has 11 heteroatoms. The molecule has 0 radical (unpaired) electrons. The number of para-hydroxylation sites is 1. The molecule has 36 heavy (non-hydrogen) atoms. The lowest BCUT2D eigenvalue weighted by Gasteiger charge is -2.17. The van der Waals surface area contributed by atoms with E-state index in [1.165, 1.54) is 37.4 Å². The summed E-state index contributed by atoms with van der Waals surface area (Å²) in [7, 11) is -4.00. The van der Waals surface area contributed by atoms with Crippen LogP contribution in [0.1, 0.15) is 31.3 Å². The number of nitrogens with one attached hydrogen (secondary N) is 2. The van der Waals surface area contributed by atoms with Crippen molar-refractivity contribution in [1.82, 2.24) is 14.4 Å². The van der Waals surface area contributed by atoms with Gasteiger partial charge in [-0.3, -0.25) is 9.59 Å². The highest BCUT2D eigenvalue weighted by Gasteiger charge is 2.23. The van der Waals surface area contributed by atoms with E-state index in [2.05, 4.69) is 20.1 Å². The third-order valence-electron chi connectivity index (χ3n) is 5.20. The summed E-state index contributed by atoms with van der Waals surface area (Å²) in [6, 6.07) is 18.5. The number of rotatable bonds is 7. The van der Waals surface area contributed by atoms with Crippen LogP contribution in [0.4, 0.5) is 5.69 Å². The summed E-state index contributed by atoms with van der Waals surface area (Å²) in [6.07, 6.45) is 1.42. The van der Waals surface area contributed by atoms with Gasteiger partial charge in [0.2, 0.25) is 15.9 Å². The van der Waals surface area contributed by atoms with Crippen LogP contribution in [-0.4, -0.2) is 30.2 Å². The summed E-state index contributed by atoms with van der Waals surface area (Å²) in [5.74, 6) is -0.171. The Morgan fingerprint density at radius 3 is 2.42 bits per heavy atom. The van der Waals surface area contributed by atoms with E-state index in [4.69, 9.17) is 11.6 Å². The molecule has 0 saturated heterocycles. The van der Waals surface area contributed by atoms with Crippen LogP contribution in [0.2, 0.25) is 5.02 Å². The lowest BCUT2D eigenvalue weighted by Crippen LogP contribution is -2.32. The van der Waals surface area contributed by atoms with E-state index < -0.39 is 21.6 Å². The van der Waals surface area contributed by atoms with Gasteiger partial charge in [0.15, 0.2) is 5.82 Å². The standard InChI is InChI=1S/C25H22ClN5O4S/c1-16(30-36(34,35)20-13-11-19(12-14-20)28-17(2)32)24-29-23-10-6-4-8-21(23)25(33)31(24)27-15-18-7-3-5-9-22(18)26/h3-16,30H,1-2H3,(H,28,32)/b27-15+. The highest BCUT2D eigenvalue weighted by molar-refractivity contribution is 7.89. The number of carbonyl (C=O) groups is 1. The fourth-order valence-electron chi connectivity index (χ4n) is 3.51. The van der Waals surface area contributed by atoms with Crippen LogP contribution in [0.3, 0.4) is 0 Å². The fourth-order valence-corrected chi connectivity index (χ4v) is 4.89. The number of nitrogens with zero attached hydrogens (tertiary/aromatic N) is 3. The molecule has 184 valence electrons. The molecular weight excluding hydrogens is 502 g/mol. The van der Waals surface area contributed by atoms with Gasteiger partial charge in [-0.1, -0.05) is 41.9 Å². The highest BCUT2D eigenvalue weighted by atomic mass is 35.5. The largest absolute Gasteiger partial charge is 0.326 e. The lowest BCUT2D eigenvalue weighted by molar-refractivity contribution is -0.114. The predicted octanol–water partition coefficient (Wildman–Crippen LogP) is 3.93. The molecule has 4 aromatic rings. The average molecular weight is 524 g/mol. The average Bonchev–Trinajstić information content (AvgIpc) is 2.84. The molecule has 0 aliphatic rings. The minimum Gasteiger partial charge on any atom is -0.326 e. The predicted molar refractivity (Wildman–Crippen MR) is 140 cm³/mol. The number of sulfonamides is 1. The van der Waals surface area contributed by atoms with E-state index in [1.54, 1.807) is 55.5 Å². The zero-order valence-corrected chi connectivity index (χ0v) is 20.9. The Labute approximate surface area is 212 Å². The number of anilines is 1. The van der Waals surface area contributed by atoms with Gasteiger partial charge in [-0.15, -0.1) is 0 Å². The molecule has 0 fully saturated rings. The molecule has 1 amide bonds. The van der Waals surface area contributed by atoms with Gasteiger partial charge in [0.1, 0.15) is 0 Å². The summed E-state index contributed by atoms with van der Waals surface area (Å²) in [4.78, 5) is 29.0. The van der Waals surface area contributed by atoms with Crippen LogP contribution in [0.15, 0.2) is 87.6 Å². The van der Waals surface area contributed by atoms with E-state index in [0.717, 1.165) is 4.68 Å². The number of halogens is 1. The molecule has 1 aromatic heterocycles. The summed E-state index contributed by atoms with van der Waals surface area (Å²) in [5, 5.41) is 7.67. The molecule has 1 unspecified atom stereocenters. The monoisotopic (exact) mass is 523 g/mol. The molecular formula is C25H22ClN5O4S. The van der Waals surface area contributed by atoms with E-state index in [-0.39, 0.29) is 16.6 Å². The van der Waals surface area contributed by atoms with Crippen LogP contribution < -0.4 is 15.6 Å².